The summed E-state index contributed by atoms with van der Waals surface area (Å²) in [5.41, 5.74) is 1.33. The van der Waals surface area contributed by atoms with Gasteiger partial charge in [0.25, 0.3) is 0 Å². The highest BCUT2D eigenvalue weighted by Crippen LogP contribution is 2.26. The third kappa shape index (κ3) is 3.91. The first kappa shape index (κ1) is 16.3. The van der Waals surface area contributed by atoms with Crippen molar-refractivity contribution in [2.24, 2.45) is 0 Å². The zero-order valence-corrected chi connectivity index (χ0v) is 14.5. The Bertz CT molecular complexity index is 680. The van der Waals surface area contributed by atoms with Crippen molar-refractivity contribution in [2.45, 2.75) is 25.1 Å². The molecule has 0 N–H and O–H groups in total. The van der Waals surface area contributed by atoms with Crippen molar-refractivity contribution in [2.75, 3.05) is 33.3 Å². The number of ether oxygens (including phenoxy) is 2. The van der Waals surface area contributed by atoms with E-state index >= 15 is 0 Å². The van der Waals surface area contributed by atoms with E-state index in [0.717, 1.165) is 50.6 Å². The van der Waals surface area contributed by atoms with Crippen LogP contribution in [0.5, 0.6) is 11.5 Å². The van der Waals surface area contributed by atoms with E-state index in [1.165, 1.54) is 11.9 Å². The topological polar surface area (TPSA) is 50.7 Å². The van der Waals surface area contributed by atoms with E-state index in [4.69, 9.17) is 9.47 Å². The molecule has 6 nitrogen and oxygen atoms in total. The molecule has 6 heteroatoms. The van der Waals surface area contributed by atoms with E-state index in [-0.39, 0.29) is 6.10 Å². The van der Waals surface area contributed by atoms with Gasteiger partial charge in [0, 0.05) is 45.2 Å². The normalized spacial score (nSPS) is 24.0. The van der Waals surface area contributed by atoms with E-state index in [1.807, 2.05) is 12.1 Å². The second-order valence-electron chi connectivity index (χ2n) is 6.78. The largest absolute Gasteiger partial charge is 0.497 e. The summed E-state index contributed by atoms with van der Waals surface area (Å²) in [6.45, 7) is 5.29. The number of nitrogens with zero attached hydrogens (tertiary/aromatic N) is 4. The third-order valence-electron chi connectivity index (χ3n) is 5.07. The van der Waals surface area contributed by atoms with Crippen molar-refractivity contribution < 1.29 is 9.47 Å². The summed E-state index contributed by atoms with van der Waals surface area (Å²) in [5.74, 6) is 1.68. The molecule has 2 aliphatic heterocycles. The summed E-state index contributed by atoms with van der Waals surface area (Å²) >= 11 is 0. The number of fused-ring (bicyclic) bond motifs is 1. The Morgan fingerprint density at radius 3 is 2.60 bits per heavy atom. The number of methoxy groups -OCH3 is 1. The predicted octanol–water partition coefficient (Wildman–Crippen LogP) is 1.82. The Morgan fingerprint density at radius 1 is 1.04 bits per heavy atom. The lowest BCUT2D eigenvalue weighted by Crippen LogP contribution is -2.49. The molecule has 3 heterocycles. The van der Waals surface area contributed by atoms with E-state index in [2.05, 4.69) is 31.9 Å². The van der Waals surface area contributed by atoms with Gasteiger partial charge in [-0.25, -0.2) is 9.97 Å². The van der Waals surface area contributed by atoms with Crippen molar-refractivity contribution in [3.05, 3.63) is 48.5 Å². The van der Waals surface area contributed by atoms with Crippen molar-refractivity contribution in [3.8, 4) is 11.5 Å². The van der Waals surface area contributed by atoms with Crippen LogP contribution in [0.25, 0.3) is 0 Å². The van der Waals surface area contributed by atoms with Gasteiger partial charge in [-0.3, -0.25) is 9.80 Å². The first-order valence-corrected chi connectivity index (χ1v) is 8.81. The minimum Gasteiger partial charge on any atom is -0.497 e. The van der Waals surface area contributed by atoms with Gasteiger partial charge in [0.1, 0.15) is 18.2 Å². The summed E-state index contributed by atoms with van der Waals surface area (Å²) in [6.07, 6.45) is 6.30. The molecule has 0 unspecified atom stereocenters. The second-order valence-corrected chi connectivity index (χ2v) is 6.78. The summed E-state index contributed by atoms with van der Waals surface area (Å²) in [7, 11) is 1.70. The van der Waals surface area contributed by atoms with E-state index < -0.39 is 0 Å². The van der Waals surface area contributed by atoms with Crippen molar-refractivity contribution in [1.29, 1.82) is 0 Å². The van der Waals surface area contributed by atoms with Crippen LogP contribution in [-0.2, 0) is 6.54 Å². The minimum absolute atomic E-state index is 0.233. The molecule has 132 valence electrons. The maximum atomic E-state index is 6.05. The number of aromatic nitrogens is 2. The molecule has 0 radical (unpaired) electrons. The van der Waals surface area contributed by atoms with E-state index in [9.17, 15) is 0 Å². The van der Waals surface area contributed by atoms with Crippen LogP contribution in [0.3, 0.4) is 0 Å². The quantitative estimate of drug-likeness (QED) is 0.828. The van der Waals surface area contributed by atoms with Gasteiger partial charge in [0.15, 0.2) is 5.75 Å². The first-order valence-electron chi connectivity index (χ1n) is 8.81. The monoisotopic (exact) mass is 340 g/mol. The maximum absolute atomic E-state index is 6.05. The third-order valence-corrected chi connectivity index (χ3v) is 5.07. The van der Waals surface area contributed by atoms with Gasteiger partial charge in [-0.1, -0.05) is 12.1 Å². The zero-order valence-electron chi connectivity index (χ0n) is 14.5. The maximum Gasteiger partial charge on any atom is 0.156 e. The molecule has 25 heavy (non-hydrogen) atoms. The van der Waals surface area contributed by atoms with Crippen molar-refractivity contribution >= 4 is 0 Å². The standard InChI is InChI=1S/C19H24N4O2/c1-24-17-4-2-15(3-5-17)11-22-6-7-23-13-18(8-16(23)12-22)25-19-9-20-14-21-10-19/h2-5,9-10,14,16,18H,6-8,11-13H2,1H3/t16-,18+/m1/s1. The van der Waals surface area contributed by atoms with Crippen LogP contribution in [0.15, 0.2) is 43.0 Å². The molecule has 1 aromatic heterocycles. The second kappa shape index (κ2) is 7.37. The van der Waals surface area contributed by atoms with Gasteiger partial charge in [-0.05, 0) is 17.7 Å². The molecular weight excluding hydrogens is 316 g/mol. The molecule has 0 saturated carbocycles. The number of hydrogen-bond donors (Lipinski definition) is 0. The summed E-state index contributed by atoms with van der Waals surface area (Å²) in [6, 6.07) is 8.95. The Labute approximate surface area is 148 Å². The lowest BCUT2D eigenvalue weighted by Gasteiger charge is -2.37. The Hall–Kier alpha value is -2.18. The van der Waals surface area contributed by atoms with Gasteiger partial charge in [0.2, 0.25) is 0 Å². The number of benzene rings is 1. The van der Waals surface area contributed by atoms with Crippen LogP contribution in [0, 0.1) is 0 Å². The summed E-state index contributed by atoms with van der Waals surface area (Å²) < 4.78 is 11.3. The van der Waals surface area contributed by atoms with Crippen molar-refractivity contribution in [3.63, 3.8) is 0 Å². The fourth-order valence-corrected chi connectivity index (χ4v) is 3.82. The highest BCUT2D eigenvalue weighted by molar-refractivity contribution is 5.27. The van der Waals surface area contributed by atoms with Crippen LogP contribution < -0.4 is 9.47 Å². The van der Waals surface area contributed by atoms with Crippen LogP contribution >= 0.6 is 0 Å². The first-order chi connectivity index (χ1) is 12.3. The fraction of sp³-hybridized carbons (Fsp3) is 0.474. The Morgan fingerprint density at radius 2 is 1.84 bits per heavy atom. The van der Waals surface area contributed by atoms with Crippen molar-refractivity contribution in [1.82, 2.24) is 19.8 Å². The van der Waals surface area contributed by atoms with E-state index in [1.54, 1.807) is 19.5 Å². The molecule has 0 aliphatic carbocycles. The average Bonchev–Trinajstić information content (AvgIpc) is 3.04. The molecule has 2 atom stereocenters. The smallest absolute Gasteiger partial charge is 0.156 e. The zero-order chi connectivity index (χ0) is 17.1. The minimum atomic E-state index is 0.233. The van der Waals surface area contributed by atoms with E-state index in [0.29, 0.717) is 6.04 Å². The lowest BCUT2D eigenvalue weighted by atomic mass is 10.1. The highest BCUT2D eigenvalue weighted by Gasteiger charge is 2.37. The molecule has 0 spiro atoms. The van der Waals surface area contributed by atoms with Gasteiger partial charge in [-0.2, -0.15) is 0 Å². The van der Waals surface area contributed by atoms with Crippen LogP contribution in [0.2, 0.25) is 0 Å². The number of piperazine rings is 1. The summed E-state index contributed by atoms with van der Waals surface area (Å²) in [5, 5.41) is 0. The van der Waals surface area contributed by atoms with Crippen LogP contribution in [0.1, 0.15) is 12.0 Å². The molecule has 2 fully saturated rings. The SMILES string of the molecule is COc1ccc(CN2CCN3C[C@@H](Oc4cncnc4)C[C@@H]3C2)cc1. The van der Waals surface area contributed by atoms with Gasteiger partial charge in [-0.15, -0.1) is 0 Å². The molecule has 2 saturated heterocycles. The van der Waals surface area contributed by atoms with Gasteiger partial charge < -0.3 is 9.47 Å². The number of rotatable bonds is 5. The molecule has 4 rings (SSSR count). The molecule has 2 aromatic rings. The number of hydrogen-bond acceptors (Lipinski definition) is 6. The average molecular weight is 340 g/mol. The fourth-order valence-electron chi connectivity index (χ4n) is 3.82. The Balaban J connectivity index is 1.32. The molecular formula is C19H24N4O2. The lowest BCUT2D eigenvalue weighted by molar-refractivity contribution is 0.0978. The highest BCUT2D eigenvalue weighted by atomic mass is 16.5. The molecule has 0 bridgehead atoms. The van der Waals surface area contributed by atoms with Gasteiger partial charge in [0.05, 0.1) is 19.5 Å². The molecule has 0 amide bonds. The molecule has 2 aliphatic rings. The van der Waals surface area contributed by atoms with Gasteiger partial charge >= 0.3 is 0 Å². The van der Waals surface area contributed by atoms with Crippen LogP contribution in [0.4, 0.5) is 0 Å². The molecule has 1 aromatic carbocycles. The Kier molecular flexibility index (Phi) is 4.81. The van der Waals surface area contributed by atoms with Crippen LogP contribution in [-0.4, -0.2) is 65.2 Å². The summed E-state index contributed by atoms with van der Waals surface area (Å²) in [4.78, 5) is 13.1. The predicted molar refractivity (Wildman–Crippen MR) is 94.7 cm³/mol.